The van der Waals surface area contributed by atoms with Crippen LogP contribution in [0.3, 0.4) is 0 Å². The van der Waals surface area contributed by atoms with Crippen LogP contribution in [0.2, 0.25) is 0 Å². The summed E-state index contributed by atoms with van der Waals surface area (Å²) in [4.78, 5) is 3.77. The average Bonchev–Trinajstić information content (AvgIpc) is 2.25. The minimum absolute atomic E-state index is 0.115. The first-order valence-electron chi connectivity index (χ1n) is 4.79. The fourth-order valence-electron chi connectivity index (χ4n) is 1.30. The Morgan fingerprint density at radius 1 is 1.41 bits per heavy atom. The van der Waals surface area contributed by atoms with Crippen LogP contribution in [0.4, 0.5) is 17.6 Å². The SMILES string of the molecule is CCN=C(NN)c1cccc(C(F)(F)F)c1F. The highest BCUT2D eigenvalue weighted by Gasteiger charge is 2.35. The molecule has 1 aromatic carbocycles. The fourth-order valence-corrected chi connectivity index (χ4v) is 1.30. The van der Waals surface area contributed by atoms with Crippen LogP contribution in [0.5, 0.6) is 0 Å². The monoisotopic (exact) mass is 249 g/mol. The second-order valence-corrected chi connectivity index (χ2v) is 3.13. The van der Waals surface area contributed by atoms with Gasteiger partial charge in [-0.15, -0.1) is 0 Å². The largest absolute Gasteiger partial charge is 0.419 e. The molecule has 0 saturated heterocycles. The Balaban J connectivity index is 3.33. The van der Waals surface area contributed by atoms with E-state index in [1.165, 1.54) is 6.07 Å². The highest BCUT2D eigenvalue weighted by atomic mass is 19.4. The van der Waals surface area contributed by atoms with Crippen LogP contribution in [-0.2, 0) is 6.18 Å². The number of aliphatic imine (C=N–C) groups is 1. The smallest absolute Gasteiger partial charge is 0.308 e. The summed E-state index contributed by atoms with van der Waals surface area (Å²) in [5.74, 6) is 3.59. The van der Waals surface area contributed by atoms with E-state index in [0.29, 0.717) is 6.07 Å². The van der Waals surface area contributed by atoms with E-state index in [1.54, 1.807) is 6.92 Å². The average molecular weight is 249 g/mol. The van der Waals surface area contributed by atoms with Crippen LogP contribution in [-0.4, -0.2) is 12.4 Å². The van der Waals surface area contributed by atoms with E-state index in [-0.39, 0.29) is 17.9 Å². The van der Waals surface area contributed by atoms with Gasteiger partial charge in [0.15, 0.2) is 0 Å². The van der Waals surface area contributed by atoms with E-state index in [1.807, 2.05) is 0 Å². The molecule has 0 spiro atoms. The summed E-state index contributed by atoms with van der Waals surface area (Å²) >= 11 is 0. The van der Waals surface area contributed by atoms with Gasteiger partial charge in [0.25, 0.3) is 0 Å². The number of nitrogens with one attached hydrogen (secondary N) is 1. The van der Waals surface area contributed by atoms with Gasteiger partial charge in [-0.2, -0.15) is 13.2 Å². The molecule has 0 aliphatic carbocycles. The molecule has 0 unspecified atom stereocenters. The van der Waals surface area contributed by atoms with Gasteiger partial charge in [-0.3, -0.25) is 4.99 Å². The Kier molecular flexibility index (Phi) is 4.06. The van der Waals surface area contributed by atoms with Gasteiger partial charge in [0.05, 0.1) is 11.1 Å². The van der Waals surface area contributed by atoms with Gasteiger partial charge < -0.3 is 5.43 Å². The molecule has 1 rings (SSSR count). The normalized spacial score (nSPS) is 12.7. The van der Waals surface area contributed by atoms with Gasteiger partial charge >= 0.3 is 6.18 Å². The maximum absolute atomic E-state index is 13.6. The summed E-state index contributed by atoms with van der Waals surface area (Å²) in [7, 11) is 0. The predicted molar refractivity (Wildman–Crippen MR) is 55.8 cm³/mol. The van der Waals surface area contributed by atoms with Crippen molar-refractivity contribution in [2.45, 2.75) is 13.1 Å². The third-order valence-corrected chi connectivity index (χ3v) is 2.01. The van der Waals surface area contributed by atoms with Gasteiger partial charge in [-0.1, -0.05) is 6.07 Å². The maximum Gasteiger partial charge on any atom is 0.419 e. The number of amidine groups is 1. The van der Waals surface area contributed by atoms with E-state index in [0.717, 1.165) is 6.07 Å². The van der Waals surface area contributed by atoms with E-state index in [9.17, 15) is 17.6 Å². The van der Waals surface area contributed by atoms with Crippen LogP contribution in [0.1, 0.15) is 18.1 Å². The zero-order valence-electron chi connectivity index (χ0n) is 8.98. The van der Waals surface area contributed by atoms with Crippen molar-refractivity contribution in [1.29, 1.82) is 0 Å². The molecule has 0 amide bonds. The summed E-state index contributed by atoms with van der Waals surface area (Å²) in [5.41, 5.74) is 0.441. The lowest BCUT2D eigenvalue weighted by molar-refractivity contribution is -0.140. The molecular formula is C10H11F4N3. The second kappa shape index (κ2) is 5.13. The number of hydrogen-bond acceptors (Lipinski definition) is 2. The first-order valence-corrected chi connectivity index (χ1v) is 4.79. The molecule has 0 radical (unpaired) electrons. The number of halogens is 4. The van der Waals surface area contributed by atoms with Gasteiger partial charge in [-0.05, 0) is 19.1 Å². The number of rotatable bonds is 2. The van der Waals surface area contributed by atoms with Gasteiger partial charge in [0.2, 0.25) is 0 Å². The molecule has 94 valence electrons. The Morgan fingerprint density at radius 3 is 2.53 bits per heavy atom. The molecule has 0 saturated carbocycles. The quantitative estimate of drug-likeness (QED) is 0.277. The molecule has 3 N–H and O–H groups in total. The van der Waals surface area contributed by atoms with Crippen LogP contribution in [0, 0.1) is 5.82 Å². The number of hydrazine groups is 1. The number of alkyl halides is 3. The van der Waals surface area contributed by atoms with Crippen molar-refractivity contribution in [1.82, 2.24) is 5.43 Å². The molecule has 0 aliphatic rings. The summed E-state index contributed by atoms with van der Waals surface area (Å²) in [6.45, 7) is 1.93. The highest BCUT2D eigenvalue weighted by Crippen LogP contribution is 2.32. The molecule has 17 heavy (non-hydrogen) atoms. The first-order chi connectivity index (χ1) is 7.91. The van der Waals surface area contributed by atoms with Crippen molar-refractivity contribution >= 4 is 5.84 Å². The van der Waals surface area contributed by atoms with Crippen molar-refractivity contribution in [3.63, 3.8) is 0 Å². The third-order valence-electron chi connectivity index (χ3n) is 2.01. The molecular weight excluding hydrogens is 238 g/mol. The topological polar surface area (TPSA) is 50.4 Å². The molecule has 0 aromatic heterocycles. The molecule has 7 heteroatoms. The van der Waals surface area contributed by atoms with Gasteiger partial charge in [-0.25, -0.2) is 10.2 Å². The van der Waals surface area contributed by atoms with Crippen LogP contribution in [0.25, 0.3) is 0 Å². The Labute approximate surface area is 95.3 Å². The van der Waals surface area contributed by atoms with Crippen molar-refractivity contribution in [3.05, 3.63) is 35.1 Å². The van der Waals surface area contributed by atoms with Gasteiger partial charge in [0, 0.05) is 6.54 Å². The summed E-state index contributed by atoms with van der Waals surface area (Å²) in [6, 6.07) is 2.95. The summed E-state index contributed by atoms with van der Waals surface area (Å²) in [6.07, 6.45) is -4.74. The van der Waals surface area contributed by atoms with Crippen molar-refractivity contribution in [3.8, 4) is 0 Å². The highest BCUT2D eigenvalue weighted by molar-refractivity contribution is 5.98. The standard InChI is InChI=1S/C10H11F4N3/c1-2-16-9(17-15)6-4-3-5-7(8(6)11)10(12,13)14/h3-5H,2,15H2,1H3,(H,16,17). The van der Waals surface area contributed by atoms with E-state index < -0.39 is 17.6 Å². The minimum Gasteiger partial charge on any atom is -0.308 e. The molecule has 1 aromatic rings. The number of hydrogen-bond donors (Lipinski definition) is 2. The van der Waals surface area contributed by atoms with Crippen LogP contribution in [0.15, 0.2) is 23.2 Å². The van der Waals surface area contributed by atoms with Crippen molar-refractivity contribution in [2.24, 2.45) is 10.8 Å². The number of benzene rings is 1. The number of nitrogens with zero attached hydrogens (tertiary/aromatic N) is 1. The van der Waals surface area contributed by atoms with Crippen molar-refractivity contribution < 1.29 is 17.6 Å². The lowest BCUT2D eigenvalue weighted by atomic mass is 10.1. The minimum atomic E-state index is -4.74. The summed E-state index contributed by atoms with van der Waals surface area (Å²) < 4.78 is 51.0. The Hall–Kier alpha value is -1.63. The zero-order chi connectivity index (χ0) is 13.1. The third kappa shape index (κ3) is 2.94. The van der Waals surface area contributed by atoms with Crippen LogP contribution < -0.4 is 11.3 Å². The fraction of sp³-hybridized carbons (Fsp3) is 0.300. The molecule has 3 nitrogen and oxygen atoms in total. The lowest BCUT2D eigenvalue weighted by Gasteiger charge is -2.12. The van der Waals surface area contributed by atoms with E-state index in [4.69, 9.17) is 5.84 Å². The van der Waals surface area contributed by atoms with Crippen LogP contribution >= 0.6 is 0 Å². The molecule has 0 heterocycles. The zero-order valence-corrected chi connectivity index (χ0v) is 8.98. The number of nitrogens with two attached hydrogens (primary N) is 1. The molecule has 0 aliphatic heterocycles. The van der Waals surface area contributed by atoms with Crippen molar-refractivity contribution in [2.75, 3.05) is 6.54 Å². The Morgan fingerprint density at radius 2 is 2.06 bits per heavy atom. The summed E-state index contributed by atoms with van der Waals surface area (Å²) in [5, 5.41) is 0. The van der Waals surface area contributed by atoms with Gasteiger partial charge in [0.1, 0.15) is 11.7 Å². The molecule has 0 atom stereocenters. The van der Waals surface area contributed by atoms with E-state index in [2.05, 4.69) is 10.4 Å². The maximum atomic E-state index is 13.6. The Bertz CT molecular complexity index is 426. The molecule has 0 bridgehead atoms. The lowest BCUT2D eigenvalue weighted by Crippen LogP contribution is -2.32. The van der Waals surface area contributed by atoms with E-state index >= 15 is 0 Å². The second-order valence-electron chi connectivity index (χ2n) is 3.13. The molecule has 0 fully saturated rings. The predicted octanol–water partition coefficient (Wildman–Crippen LogP) is 2.07. The first kappa shape index (κ1) is 13.4.